The third kappa shape index (κ3) is 13.4. The summed E-state index contributed by atoms with van der Waals surface area (Å²) in [7, 11) is 3.32. The Hall–Kier alpha value is -3.05. The predicted molar refractivity (Wildman–Crippen MR) is 186 cm³/mol. The minimum absolute atomic E-state index is 0.144. The minimum Gasteiger partial charge on any atom is -0.382 e. The maximum Gasteiger partial charge on any atom is 0.185 e. The van der Waals surface area contributed by atoms with Crippen molar-refractivity contribution < 1.29 is 33.2 Å². The molecule has 46 heavy (non-hydrogen) atoms. The van der Waals surface area contributed by atoms with Gasteiger partial charge in [0.1, 0.15) is 0 Å². The molecule has 9 heteroatoms. The van der Waals surface area contributed by atoms with Crippen molar-refractivity contribution in [1.82, 2.24) is 0 Å². The summed E-state index contributed by atoms with van der Waals surface area (Å²) in [6.07, 6.45) is 5.59. The number of nitrogens with zero attached hydrogens (tertiary/aromatic N) is 2. The lowest BCUT2D eigenvalue weighted by atomic mass is 10.1. The van der Waals surface area contributed by atoms with E-state index in [2.05, 4.69) is 72.2 Å². The second-order valence-electron chi connectivity index (χ2n) is 10.9. The summed E-state index contributed by atoms with van der Waals surface area (Å²) >= 11 is 0. The van der Waals surface area contributed by atoms with E-state index in [1.54, 1.807) is 14.2 Å². The maximum atomic E-state index is 13.2. The molecule has 0 unspecified atom stereocenters. The molecule has 0 N–H and O–H groups in total. The summed E-state index contributed by atoms with van der Waals surface area (Å²) in [5, 5.41) is 0. The highest BCUT2D eigenvalue weighted by Gasteiger charge is 2.23. The van der Waals surface area contributed by atoms with Gasteiger partial charge >= 0.3 is 0 Å². The molecule has 9 nitrogen and oxygen atoms in total. The van der Waals surface area contributed by atoms with Gasteiger partial charge in [0.25, 0.3) is 0 Å². The number of allylic oxidation sites excluding steroid dienone is 2. The molecule has 0 bridgehead atoms. The highest BCUT2D eigenvalue weighted by atomic mass is 16.5. The summed E-state index contributed by atoms with van der Waals surface area (Å²) < 4.78 is 32.6. The zero-order chi connectivity index (χ0) is 32.8. The highest BCUT2D eigenvalue weighted by molar-refractivity contribution is 6.15. The number of ketones is 1. The summed E-state index contributed by atoms with van der Waals surface area (Å²) in [5.74, 6) is 0.144. The van der Waals surface area contributed by atoms with Crippen molar-refractivity contribution in [2.24, 2.45) is 0 Å². The van der Waals surface area contributed by atoms with E-state index >= 15 is 0 Å². The number of methoxy groups -OCH3 is 2. The van der Waals surface area contributed by atoms with Crippen LogP contribution in [0, 0.1) is 0 Å². The highest BCUT2D eigenvalue weighted by Crippen LogP contribution is 2.30. The third-order valence-electron chi connectivity index (χ3n) is 7.83. The van der Waals surface area contributed by atoms with E-state index in [0.29, 0.717) is 66.1 Å². The average molecular weight is 639 g/mol. The molecular formula is C37H54N2O7. The maximum absolute atomic E-state index is 13.2. The minimum atomic E-state index is 0.144. The molecule has 1 saturated carbocycles. The Balaban J connectivity index is 1.56. The van der Waals surface area contributed by atoms with Crippen molar-refractivity contribution >= 4 is 29.3 Å². The van der Waals surface area contributed by atoms with Crippen LogP contribution in [0.2, 0.25) is 0 Å². The first-order valence-corrected chi connectivity index (χ1v) is 16.5. The molecule has 0 saturated heterocycles. The fraction of sp³-hybridized carbons (Fsp3) is 0.541. The van der Waals surface area contributed by atoms with Crippen LogP contribution in [0.25, 0.3) is 12.2 Å². The van der Waals surface area contributed by atoms with Gasteiger partial charge in [-0.1, -0.05) is 24.3 Å². The molecule has 2 aromatic carbocycles. The van der Waals surface area contributed by atoms with Crippen molar-refractivity contribution in [3.8, 4) is 0 Å². The number of carbonyl (C=O) groups is 1. The fourth-order valence-corrected chi connectivity index (χ4v) is 5.18. The Morgan fingerprint density at radius 1 is 0.543 bits per heavy atom. The first-order chi connectivity index (χ1) is 22.6. The van der Waals surface area contributed by atoms with E-state index in [4.69, 9.17) is 28.4 Å². The Bertz CT molecular complexity index is 1160. The van der Waals surface area contributed by atoms with Crippen molar-refractivity contribution in [3.63, 3.8) is 0 Å². The Kier molecular flexibility index (Phi) is 18.3. The predicted octanol–water partition coefficient (Wildman–Crippen LogP) is 5.53. The third-order valence-corrected chi connectivity index (χ3v) is 7.83. The van der Waals surface area contributed by atoms with Gasteiger partial charge in [0.05, 0.1) is 66.1 Å². The summed E-state index contributed by atoms with van der Waals surface area (Å²) in [6.45, 7) is 13.3. The first kappa shape index (κ1) is 37.4. The zero-order valence-electron chi connectivity index (χ0n) is 28.3. The second kappa shape index (κ2) is 22.5. The average Bonchev–Trinajstić information content (AvgIpc) is 3.41. The lowest BCUT2D eigenvalue weighted by Crippen LogP contribution is -2.31. The largest absolute Gasteiger partial charge is 0.382 e. The number of benzene rings is 2. The summed E-state index contributed by atoms with van der Waals surface area (Å²) in [5.41, 5.74) is 6.10. The van der Waals surface area contributed by atoms with Gasteiger partial charge in [-0.2, -0.15) is 0 Å². The molecule has 1 aliphatic rings. The van der Waals surface area contributed by atoms with Crippen LogP contribution in [0.3, 0.4) is 0 Å². The fourth-order valence-electron chi connectivity index (χ4n) is 5.18. The molecule has 2 aromatic rings. The van der Waals surface area contributed by atoms with Crippen LogP contribution in [0.1, 0.15) is 37.8 Å². The van der Waals surface area contributed by atoms with Gasteiger partial charge in [-0.15, -0.1) is 0 Å². The number of ether oxygens (including phenoxy) is 6. The lowest BCUT2D eigenvalue weighted by molar-refractivity contribution is -0.111. The van der Waals surface area contributed by atoms with Gasteiger partial charge in [0.15, 0.2) is 5.78 Å². The molecule has 3 rings (SSSR count). The monoisotopic (exact) mass is 638 g/mol. The number of carbonyl (C=O) groups excluding carboxylic acids is 1. The zero-order valence-corrected chi connectivity index (χ0v) is 28.3. The molecule has 0 radical (unpaired) electrons. The number of anilines is 2. The molecule has 254 valence electrons. The molecular weight excluding hydrogens is 584 g/mol. The van der Waals surface area contributed by atoms with Crippen LogP contribution in [-0.4, -0.2) is 112 Å². The van der Waals surface area contributed by atoms with Crippen LogP contribution in [0.4, 0.5) is 11.4 Å². The van der Waals surface area contributed by atoms with Crippen LogP contribution < -0.4 is 9.80 Å². The Morgan fingerprint density at radius 2 is 0.913 bits per heavy atom. The van der Waals surface area contributed by atoms with Gasteiger partial charge in [-0.25, -0.2) is 0 Å². The molecule has 0 atom stereocenters. The molecule has 0 spiro atoms. The molecule has 0 heterocycles. The van der Waals surface area contributed by atoms with Gasteiger partial charge in [0, 0.05) is 62.9 Å². The molecule has 0 aromatic heterocycles. The van der Waals surface area contributed by atoms with E-state index in [9.17, 15) is 4.79 Å². The topological polar surface area (TPSA) is 78.9 Å². The number of hydrogen-bond donors (Lipinski definition) is 0. The van der Waals surface area contributed by atoms with Crippen LogP contribution in [0.5, 0.6) is 0 Å². The van der Waals surface area contributed by atoms with Gasteiger partial charge in [-0.3, -0.25) is 4.79 Å². The van der Waals surface area contributed by atoms with E-state index in [0.717, 1.165) is 67.0 Å². The quantitative estimate of drug-likeness (QED) is 0.109. The van der Waals surface area contributed by atoms with Crippen LogP contribution in [0.15, 0.2) is 59.7 Å². The smallest absolute Gasteiger partial charge is 0.185 e. The van der Waals surface area contributed by atoms with Gasteiger partial charge in [-0.05, 0) is 74.2 Å². The van der Waals surface area contributed by atoms with E-state index in [1.807, 2.05) is 12.2 Å². The van der Waals surface area contributed by atoms with Crippen LogP contribution >= 0.6 is 0 Å². The molecule has 0 aliphatic heterocycles. The van der Waals surface area contributed by atoms with E-state index < -0.39 is 0 Å². The molecule has 1 fully saturated rings. The molecule has 1 aliphatic carbocycles. The van der Waals surface area contributed by atoms with Gasteiger partial charge in [0.2, 0.25) is 0 Å². The Morgan fingerprint density at radius 3 is 1.30 bits per heavy atom. The molecule has 0 amide bonds. The lowest BCUT2D eigenvalue weighted by Gasteiger charge is -2.25. The normalized spacial score (nSPS) is 14.9. The standard InChI is InChI=1S/C37H54N2O7/c1-5-38(6-2)35-13-7-31(8-14-35)29-33-11-12-34(37(33)40)30-32-9-15-36(16-10-32)39(17-19-43-25-27-45-23-21-41-3)18-20-44-26-28-46-24-22-42-4/h7-10,13-16,29-30H,5-6,11-12,17-28H2,1-4H3/b33-29+,34-30+. The van der Waals surface area contributed by atoms with Crippen molar-refractivity contribution in [3.05, 3.63) is 70.8 Å². The van der Waals surface area contributed by atoms with E-state index in [-0.39, 0.29) is 5.78 Å². The number of hydrogen-bond acceptors (Lipinski definition) is 9. The second-order valence-corrected chi connectivity index (χ2v) is 10.9. The number of rotatable bonds is 24. The van der Waals surface area contributed by atoms with E-state index in [1.165, 1.54) is 5.69 Å². The van der Waals surface area contributed by atoms with Crippen LogP contribution in [-0.2, 0) is 33.2 Å². The van der Waals surface area contributed by atoms with Crippen molar-refractivity contribution in [1.29, 1.82) is 0 Å². The van der Waals surface area contributed by atoms with Gasteiger partial charge < -0.3 is 38.2 Å². The van der Waals surface area contributed by atoms with Crippen molar-refractivity contribution in [2.45, 2.75) is 26.7 Å². The first-order valence-electron chi connectivity index (χ1n) is 16.5. The number of Topliss-reactive ketones (excluding diaryl/α,β-unsaturated/α-hetero) is 1. The summed E-state index contributed by atoms with van der Waals surface area (Å²) in [6, 6.07) is 16.8. The summed E-state index contributed by atoms with van der Waals surface area (Å²) in [4.78, 5) is 17.8. The SMILES string of the molecule is CCN(CC)c1ccc(/C=C2\CC/C(=C\c3ccc(N(CCOCCOCCOC)CCOCCOCCOC)cc3)C2=O)cc1. The Labute approximate surface area is 276 Å². The van der Waals surface area contributed by atoms with Crippen molar-refractivity contribution in [2.75, 3.05) is 116 Å².